The molecule has 1 aromatic rings. The second-order valence-corrected chi connectivity index (χ2v) is 3.40. The third-order valence-corrected chi connectivity index (χ3v) is 2.06. The minimum absolute atomic E-state index is 0.245. The zero-order chi connectivity index (χ0) is 11.6. The van der Waals surface area contributed by atoms with Crippen LogP contribution in [0.4, 0.5) is 4.39 Å². The topological polar surface area (TPSA) is 30.5 Å². The first-order chi connectivity index (χ1) is 7.83. The van der Waals surface area contributed by atoms with E-state index in [1.807, 2.05) is 0 Å². The van der Waals surface area contributed by atoms with Crippen molar-refractivity contribution in [1.82, 2.24) is 5.32 Å². The molecule has 3 nitrogen and oxygen atoms in total. The number of methoxy groups -OCH3 is 1. The summed E-state index contributed by atoms with van der Waals surface area (Å²) in [5.74, 6) is 0.449. The van der Waals surface area contributed by atoms with Crippen LogP contribution in [0.2, 0.25) is 0 Å². The van der Waals surface area contributed by atoms with Crippen molar-refractivity contribution in [3.63, 3.8) is 0 Å². The molecule has 0 heterocycles. The zero-order valence-electron chi connectivity index (χ0n) is 9.54. The minimum Gasteiger partial charge on any atom is -0.492 e. The number of benzene rings is 1. The molecule has 0 atom stereocenters. The van der Waals surface area contributed by atoms with Crippen LogP contribution in [-0.4, -0.2) is 33.4 Å². The van der Waals surface area contributed by atoms with Gasteiger partial charge in [0.1, 0.15) is 18.2 Å². The van der Waals surface area contributed by atoms with Crippen molar-refractivity contribution in [3.05, 3.63) is 30.1 Å². The first-order valence-electron chi connectivity index (χ1n) is 5.41. The lowest BCUT2D eigenvalue weighted by atomic mass is 10.3. The lowest BCUT2D eigenvalue weighted by Gasteiger charge is -2.07. The summed E-state index contributed by atoms with van der Waals surface area (Å²) in [7, 11) is 1.69. The second-order valence-electron chi connectivity index (χ2n) is 3.40. The molecule has 0 spiro atoms. The van der Waals surface area contributed by atoms with Crippen molar-refractivity contribution in [3.8, 4) is 5.75 Å². The molecule has 4 heteroatoms. The molecule has 0 amide bonds. The van der Waals surface area contributed by atoms with E-state index in [-0.39, 0.29) is 5.82 Å². The molecule has 0 saturated carbocycles. The maximum atomic E-state index is 12.6. The van der Waals surface area contributed by atoms with E-state index >= 15 is 0 Å². The van der Waals surface area contributed by atoms with Crippen molar-refractivity contribution in [1.29, 1.82) is 0 Å². The minimum atomic E-state index is -0.245. The van der Waals surface area contributed by atoms with Crippen LogP contribution < -0.4 is 10.1 Å². The third-order valence-electron chi connectivity index (χ3n) is 2.06. The van der Waals surface area contributed by atoms with Crippen LogP contribution in [-0.2, 0) is 4.74 Å². The van der Waals surface area contributed by atoms with Gasteiger partial charge in [-0.1, -0.05) is 0 Å². The van der Waals surface area contributed by atoms with Gasteiger partial charge in [0.15, 0.2) is 0 Å². The molecular formula is C12H18FNO2. The summed E-state index contributed by atoms with van der Waals surface area (Å²) in [6.45, 7) is 3.05. The molecule has 0 unspecified atom stereocenters. The van der Waals surface area contributed by atoms with E-state index in [0.29, 0.717) is 12.4 Å². The van der Waals surface area contributed by atoms with Gasteiger partial charge in [0, 0.05) is 20.3 Å². The molecule has 1 aromatic carbocycles. The van der Waals surface area contributed by atoms with Crippen LogP contribution in [0.3, 0.4) is 0 Å². The zero-order valence-corrected chi connectivity index (χ0v) is 9.54. The Morgan fingerprint density at radius 1 is 1.12 bits per heavy atom. The Morgan fingerprint density at radius 2 is 1.88 bits per heavy atom. The number of nitrogens with one attached hydrogen (secondary N) is 1. The molecule has 16 heavy (non-hydrogen) atoms. The summed E-state index contributed by atoms with van der Waals surface area (Å²) in [6, 6.07) is 6.03. The van der Waals surface area contributed by atoms with Crippen molar-refractivity contribution in [2.45, 2.75) is 6.42 Å². The van der Waals surface area contributed by atoms with E-state index in [1.165, 1.54) is 12.1 Å². The molecule has 0 aliphatic carbocycles. The normalized spacial score (nSPS) is 10.4. The maximum absolute atomic E-state index is 12.6. The van der Waals surface area contributed by atoms with Crippen LogP contribution in [0.5, 0.6) is 5.75 Å². The average molecular weight is 227 g/mol. The van der Waals surface area contributed by atoms with Crippen LogP contribution in [0, 0.1) is 5.82 Å². The van der Waals surface area contributed by atoms with Gasteiger partial charge in [-0.15, -0.1) is 0 Å². The van der Waals surface area contributed by atoms with Crippen molar-refractivity contribution < 1.29 is 13.9 Å². The molecule has 1 rings (SSSR count). The summed E-state index contributed by atoms with van der Waals surface area (Å²) in [5, 5.41) is 3.22. The Bertz CT molecular complexity index is 277. The fourth-order valence-corrected chi connectivity index (χ4v) is 1.24. The number of rotatable bonds is 8. The molecule has 90 valence electrons. The fourth-order valence-electron chi connectivity index (χ4n) is 1.24. The van der Waals surface area contributed by atoms with Crippen molar-refractivity contribution >= 4 is 0 Å². The van der Waals surface area contributed by atoms with E-state index < -0.39 is 0 Å². The van der Waals surface area contributed by atoms with E-state index in [0.717, 1.165) is 26.1 Å². The highest BCUT2D eigenvalue weighted by atomic mass is 19.1. The van der Waals surface area contributed by atoms with Crippen LogP contribution >= 0.6 is 0 Å². The van der Waals surface area contributed by atoms with Gasteiger partial charge in [0.25, 0.3) is 0 Å². The molecule has 1 N–H and O–H groups in total. The quantitative estimate of drug-likeness (QED) is 0.687. The third kappa shape index (κ3) is 5.68. The summed E-state index contributed by atoms with van der Waals surface area (Å²) in [4.78, 5) is 0. The molecule has 0 radical (unpaired) electrons. The van der Waals surface area contributed by atoms with Gasteiger partial charge in [-0.2, -0.15) is 0 Å². The molecule has 0 aliphatic heterocycles. The largest absolute Gasteiger partial charge is 0.492 e. The molecule has 0 saturated heterocycles. The standard InChI is InChI=1S/C12H18FNO2/c1-15-9-2-7-14-8-10-16-12-5-3-11(13)4-6-12/h3-6,14H,2,7-10H2,1H3. The first-order valence-corrected chi connectivity index (χ1v) is 5.41. The SMILES string of the molecule is COCCCNCCOc1ccc(F)cc1. The van der Waals surface area contributed by atoms with Gasteiger partial charge in [0.05, 0.1) is 0 Å². The highest BCUT2D eigenvalue weighted by molar-refractivity contribution is 5.21. The van der Waals surface area contributed by atoms with E-state index in [2.05, 4.69) is 5.32 Å². The average Bonchev–Trinajstić information content (AvgIpc) is 2.30. The van der Waals surface area contributed by atoms with E-state index in [1.54, 1.807) is 19.2 Å². The Morgan fingerprint density at radius 3 is 2.56 bits per heavy atom. The Kier molecular flexibility index (Phi) is 6.53. The molecule has 0 aliphatic rings. The molecule has 0 aromatic heterocycles. The Balaban J connectivity index is 2.01. The Hall–Kier alpha value is -1.13. The highest BCUT2D eigenvalue weighted by Gasteiger charge is 1.94. The lowest BCUT2D eigenvalue weighted by molar-refractivity contribution is 0.193. The number of ether oxygens (including phenoxy) is 2. The van der Waals surface area contributed by atoms with Gasteiger partial charge in [-0.25, -0.2) is 4.39 Å². The van der Waals surface area contributed by atoms with Crippen LogP contribution in [0.1, 0.15) is 6.42 Å². The van der Waals surface area contributed by atoms with Crippen LogP contribution in [0.15, 0.2) is 24.3 Å². The number of hydrogen-bond donors (Lipinski definition) is 1. The van der Waals surface area contributed by atoms with E-state index in [4.69, 9.17) is 9.47 Å². The second kappa shape index (κ2) is 8.07. The fraction of sp³-hybridized carbons (Fsp3) is 0.500. The number of halogens is 1. The van der Waals surface area contributed by atoms with Gasteiger partial charge >= 0.3 is 0 Å². The summed E-state index contributed by atoms with van der Waals surface area (Å²) < 4.78 is 22.9. The first kappa shape index (κ1) is 12.9. The predicted octanol–water partition coefficient (Wildman–Crippen LogP) is 1.83. The summed E-state index contributed by atoms with van der Waals surface area (Å²) >= 11 is 0. The monoisotopic (exact) mass is 227 g/mol. The molecular weight excluding hydrogens is 209 g/mol. The molecule has 0 fully saturated rings. The van der Waals surface area contributed by atoms with Gasteiger partial charge in [-0.05, 0) is 37.2 Å². The summed E-state index contributed by atoms with van der Waals surface area (Å²) in [5.41, 5.74) is 0. The lowest BCUT2D eigenvalue weighted by Crippen LogP contribution is -2.22. The van der Waals surface area contributed by atoms with Gasteiger partial charge in [0.2, 0.25) is 0 Å². The van der Waals surface area contributed by atoms with Gasteiger partial charge in [-0.3, -0.25) is 0 Å². The van der Waals surface area contributed by atoms with Crippen molar-refractivity contribution in [2.24, 2.45) is 0 Å². The highest BCUT2D eigenvalue weighted by Crippen LogP contribution is 2.10. The smallest absolute Gasteiger partial charge is 0.123 e. The predicted molar refractivity (Wildman–Crippen MR) is 61.3 cm³/mol. The molecule has 0 bridgehead atoms. The van der Waals surface area contributed by atoms with Crippen LogP contribution in [0.25, 0.3) is 0 Å². The maximum Gasteiger partial charge on any atom is 0.123 e. The summed E-state index contributed by atoms with van der Waals surface area (Å²) in [6.07, 6.45) is 0.993. The van der Waals surface area contributed by atoms with E-state index in [9.17, 15) is 4.39 Å². The van der Waals surface area contributed by atoms with Gasteiger partial charge < -0.3 is 14.8 Å². The number of hydrogen-bond acceptors (Lipinski definition) is 3. The Labute approximate surface area is 95.6 Å². The van der Waals surface area contributed by atoms with Crippen molar-refractivity contribution in [2.75, 3.05) is 33.4 Å².